The number of fused-ring (bicyclic) bond motifs is 5. The highest BCUT2D eigenvalue weighted by Gasteiger charge is 2.56. The number of methoxy groups -OCH3 is 1. The Morgan fingerprint density at radius 2 is 2.07 bits per heavy atom. The molecule has 6 atom stereocenters. The standard InChI is InChI=1S/C25H32F2O3/c1-28-21-14-25(15-22(26)27)11-4-5-20(25)19-9-7-16-13-17(8-10-18(16)24(19)21)30-23-6-2-3-12-29-23/h8,10,13,15,19-21,23-24H,2-7,9,11-12,14H2,1H3/t19-,20-,21-,23?,24+,25-/m0/s1. The zero-order valence-corrected chi connectivity index (χ0v) is 17.7. The molecule has 3 aliphatic carbocycles. The van der Waals surface area contributed by atoms with Gasteiger partial charge in [0.2, 0.25) is 0 Å². The molecule has 0 N–H and O–H groups in total. The lowest BCUT2D eigenvalue weighted by atomic mass is 9.54. The molecule has 1 unspecified atom stereocenters. The van der Waals surface area contributed by atoms with E-state index in [4.69, 9.17) is 14.2 Å². The zero-order valence-electron chi connectivity index (χ0n) is 17.7. The van der Waals surface area contributed by atoms with Crippen LogP contribution in [0.2, 0.25) is 0 Å². The lowest BCUT2D eigenvalue weighted by Crippen LogP contribution is -2.48. The van der Waals surface area contributed by atoms with Gasteiger partial charge < -0.3 is 14.2 Å². The van der Waals surface area contributed by atoms with E-state index in [0.717, 1.165) is 63.7 Å². The Morgan fingerprint density at radius 3 is 2.83 bits per heavy atom. The van der Waals surface area contributed by atoms with Gasteiger partial charge in [0.1, 0.15) is 5.75 Å². The summed E-state index contributed by atoms with van der Waals surface area (Å²) in [5.74, 6) is 1.89. The van der Waals surface area contributed by atoms with Crippen molar-refractivity contribution in [1.29, 1.82) is 0 Å². The number of hydrogen-bond acceptors (Lipinski definition) is 3. The van der Waals surface area contributed by atoms with Crippen LogP contribution in [0.5, 0.6) is 5.75 Å². The second-order valence-electron chi connectivity index (χ2n) is 9.65. The smallest absolute Gasteiger partial charge is 0.266 e. The summed E-state index contributed by atoms with van der Waals surface area (Å²) in [6.07, 6.45) is 8.44. The molecule has 1 aliphatic heterocycles. The molecule has 5 rings (SSSR count). The molecule has 3 nitrogen and oxygen atoms in total. The van der Waals surface area contributed by atoms with Gasteiger partial charge in [0, 0.05) is 19.4 Å². The molecule has 0 spiro atoms. The summed E-state index contributed by atoms with van der Waals surface area (Å²) in [5.41, 5.74) is 2.27. The van der Waals surface area contributed by atoms with Gasteiger partial charge in [-0.3, -0.25) is 0 Å². The third-order valence-electron chi connectivity index (χ3n) is 8.18. The van der Waals surface area contributed by atoms with Crippen molar-refractivity contribution >= 4 is 0 Å². The molecule has 0 aromatic heterocycles. The van der Waals surface area contributed by atoms with Gasteiger partial charge in [-0.1, -0.05) is 12.5 Å². The second kappa shape index (κ2) is 8.23. The van der Waals surface area contributed by atoms with Crippen molar-refractivity contribution in [2.24, 2.45) is 17.3 Å². The maximum Gasteiger partial charge on any atom is 0.266 e. The summed E-state index contributed by atoms with van der Waals surface area (Å²) in [6.45, 7) is 0.770. The number of benzene rings is 1. The highest BCUT2D eigenvalue weighted by Crippen LogP contribution is 2.62. The molecular weight excluding hydrogens is 386 g/mol. The van der Waals surface area contributed by atoms with E-state index in [1.54, 1.807) is 7.11 Å². The van der Waals surface area contributed by atoms with Crippen molar-refractivity contribution in [3.05, 3.63) is 41.5 Å². The van der Waals surface area contributed by atoms with Crippen LogP contribution in [0.1, 0.15) is 68.4 Å². The van der Waals surface area contributed by atoms with E-state index in [1.165, 1.54) is 17.2 Å². The average Bonchev–Trinajstić information content (AvgIpc) is 3.16. The van der Waals surface area contributed by atoms with Gasteiger partial charge in [0.05, 0.1) is 12.7 Å². The molecule has 1 heterocycles. The SMILES string of the molecule is CO[C@H]1C[C@]2(C=C(F)F)CCC[C@H]2[C@@H]2CCc3cc(OC4CCCCO4)ccc3[C@H]21. The van der Waals surface area contributed by atoms with E-state index >= 15 is 0 Å². The number of rotatable bonds is 4. The van der Waals surface area contributed by atoms with Crippen LogP contribution < -0.4 is 4.74 Å². The molecule has 1 saturated heterocycles. The maximum absolute atomic E-state index is 13.4. The van der Waals surface area contributed by atoms with Gasteiger partial charge in [-0.15, -0.1) is 0 Å². The summed E-state index contributed by atoms with van der Waals surface area (Å²) in [4.78, 5) is 0. The first-order chi connectivity index (χ1) is 14.6. The van der Waals surface area contributed by atoms with E-state index in [9.17, 15) is 8.78 Å². The van der Waals surface area contributed by atoms with Gasteiger partial charge in [0.15, 0.2) is 6.29 Å². The van der Waals surface area contributed by atoms with Crippen LogP contribution in [0, 0.1) is 17.3 Å². The fraction of sp³-hybridized carbons (Fsp3) is 0.680. The Balaban J connectivity index is 1.43. The molecule has 5 heteroatoms. The first-order valence-corrected chi connectivity index (χ1v) is 11.6. The molecule has 164 valence electrons. The molecule has 3 fully saturated rings. The highest BCUT2D eigenvalue weighted by atomic mass is 19.3. The first kappa shape index (κ1) is 20.4. The molecule has 4 aliphatic rings. The number of allylic oxidation sites excluding steroid dienone is 1. The van der Waals surface area contributed by atoms with Crippen LogP contribution in [0.4, 0.5) is 8.78 Å². The number of ether oxygens (including phenoxy) is 3. The summed E-state index contributed by atoms with van der Waals surface area (Å²) in [5, 5.41) is 0. The molecule has 0 amide bonds. The molecule has 30 heavy (non-hydrogen) atoms. The van der Waals surface area contributed by atoms with Crippen LogP contribution in [0.3, 0.4) is 0 Å². The largest absolute Gasteiger partial charge is 0.465 e. The van der Waals surface area contributed by atoms with E-state index in [0.29, 0.717) is 18.3 Å². The molecule has 1 aromatic carbocycles. The Bertz CT molecular complexity index is 800. The predicted octanol–water partition coefficient (Wildman–Crippen LogP) is 6.22. The van der Waals surface area contributed by atoms with E-state index in [-0.39, 0.29) is 23.7 Å². The van der Waals surface area contributed by atoms with Crippen molar-refractivity contribution in [3.8, 4) is 5.75 Å². The predicted molar refractivity (Wildman–Crippen MR) is 111 cm³/mol. The van der Waals surface area contributed by atoms with E-state index in [1.807, 2.05) is 0 Å². The fourth-order valence-corrected chi connectivity index (χ4v) is 7.02. The van der Waals surface area contributed by atoms with Crippen molar-refractivity contribution in [2.45, 2.75) is 76.1 Å². The van der Waals surface area contributed by atoms with Crippen LogP contribution in [-0.4, -0.2) is 26.1 Å². The van der Waals surface area contributed by atoms with Crippen molar-refractivity contribution < 1.29 is 23.0 Å². The zero-order chi connectivity index (χ0) is 20.7. The Hall–Kier alpha value is -1.46. The lowest BCUT2D eigenvalue weighted by Gasteiger charge is -2.52. The van der Waals surface area contributed by atoms with Crippen molar-refractivity contribution in [2.75, 3.05) is 13.7 Å². The topological polar surface area (TPSA) is 27.7 Å². The van der Waals surface area contributed by atoms with Crippen LogP contribution >= 0.6 is 0 Å². The molecule has 0 bridgehead atoms. The molecule has 2 saturated carbocycles. The summed E-state index contributed by atoms with van der Waals surface area (Å²) in [7, 11) is 1.74. The monoisotopic (exact) mass is 418 g/mol. The van der Waals surface area contributed by atoms with E-state index < -0.39 is 6.08 Å². The normalized spacial score (nSPS) is 37.6. The van der Waals surface area contributed by atoms with Gasteiger partial charge in [0.25, 0.3) is 6.08 Å². The van der Waals surface area contributed by atoms with Crippen molar-refractivity contribution in [1.82, 2.24) is 0 Å². The maximum atomic E-state index is 13.4. The summed E-state index contributed by atoms with van der Waals surface area (Å²) < 4.78 is 44.5. The first-order valence-electron chi connectivity index (χ1n) is 11.6. The Morgan fingerprint density at radius 1 is 1.17 bits per heavy atom. The second-order valence-corrected chi connectivity index (χ2v) is 9.65. The van der Waals surface area contributed by atoms with Crippen molar-refractivity contribution in [3.63, 3.8) is 0 Å². The third kappa shape index (κ3) is 3.58. The minimum absolute atomic E-state index is 0.0209. The van der Waals surface area contributed by atoms with Crippen LogP contribution in [-0.2, 0) is 15.9 Å². The summed E-state index contributed by atoms with van der Waals surface area (Å²) in [6, 6.07) is 6.43. The Labute approximate surface area is 177 Å². The highest BCUT2D eigenvalue weighted by molar-refractivity contribution is 5.42. The molecule has 0 radical (unpaired) electrons. The Kier molecular flexibility index (Phi) is 5.61. The van der Waals surface area contributed by atoms with Crippen LogP contribution in [0.25, 0.3) is 0 Å². The molecule has 1 aromatic rings. The minimum Gasteiger partial charge on any atom is -0.465 e. The quantitative estimate of drug-likeness (QED) is 0.581. The minimum atomic E-state index is -1.53. The lowest BCUT2D eigenvalue weighted by molar-refractivity contribution is -0.106. The van der Waals surface area contributed by atoms with Gasteiger partial charge in [-0.25, -0.2) is 0 Å². The number of halogens is 2. The van der Waals surface area contributed by atoms with Crippen LogP contribution in [0.15, 0.2) is 30.4 Å². The third-order valence-corrected chi connectivity index (χ3v) is 8.18. The number of aryl methyl sites for hydroxylation is 1. The van der Waals surface area contributed by atoms with E-state index in [2.05, 4.69) is 18.2 Å². The molecular formula is C25H32F2O3. The summed E-state index contributed by atoms with van der Waals surface area (Å²) >= 11 is 0. The average molecular weight is 419 g/mol. The van der Waals surface area contributed by atoms with Gasteiger partial charge >= 0.3 is 0 Å². The van der Waals surface area contributed by atoms with Gasteiger partial charge in [-0.2, -0.15) is 8.78 Å². The fourth-order valence-electron chi connectivity index (χ4n) is 7.02. The van der Waals surface area contributed by atoms with Gasteiger partial charge in [-0.05, 0) is 91.5 Å². The number of hydrogen-bond donors (Lipinski definition) is 0.